The van der Waals surface area contributed by atoms with Crippen molar-refractivity contribution in [1.82, 2.24) is 10.2 Å². The Morgan fingerprint density at radius 2 is 2.20 bits per heavy atom. The highest BCUT2D eigenvalue weighted by Gasteiger charge is 2.43. The van der Waals surface area contributed by atoms with E-state index >= 15 is 0 Å². The number of piperazine rings is 1. The minimum atomic E-state index is 0.397. The van der Waals surface area contributed by atoms with Crippen molar-refractivity contribution in [3.63, 3.8) is 0 Å². The quantitative estimate of drug-likeness (QED) is 0.714. The van der Waals surface area contributed by atoms with Crippen molar-refractivity contribution in [3.05, 3.63) is 11.6 Å². The molecule has 1 N–H and O–H groups in total. The van der Waals surface area contributed by atoms with E-state index < -0.39 is 0 Å². The molecular weight excluding hydrogens is 184 g/mol. The molecule has 15 heavy (non-hydrogen) atoms. The summed E-state index contributed by atoms with van der Waals surface area (Å²) in [6, 6.07) is 0. The summed E-state index contributed by atoms with van der Waals surface area (Å²) in [5.74, 6) is 0.937. The summed E-state index contributed by atoms with van der Waals surface area (Å²) in [5, 5.41) is 3.71. The molecule has 0 aromatic heterocycles. The summed E-state index contributed by atoms with van der Waals surface area (Å²) < 4.78 is 0. The second-order valence-corrected chi connectivity index (χ2v) is 5.64. The van der Waals surface area contributed by atoms with Gasteiger partial charge in [-0.05, 0) is 39.5 Å². The highest BCUT2D eigenvalue weighted by atomic mass is 15.2. The van der Waals surface area contributed by atoms with Crippen LogP contribution in [0.2, 0.25) is 0 Å². The van der Waals surface area contributed by atoms with E-state index in [4.69, 9.17) is 0 Å². The van der Waals surface area contributed by atoms with Crippen LogP contribution in [-0.4, -0.2) is 36.6 Å². The van der Waals surface area contributed by atoms with E-state index in [1.807, 2.05) is 0 Å². The molecule has 2 nitrogen and oxygen atoms in total. The average Bonchev–Trinajstić information content (AvgIpc) is 2.98. The highest BCUT2D eigenvalue weighted by Crippen LogP contribution is 2.40. The smallest absolute Gasteiger partial charge is 0.0309 e. The third-order valence-corrected chi connectivity index (χ3v) is 3.75. The van der Waals surface area contributed by atoms with Crippen LogP contribution >= 0.6 is 0 Å². The summed E-state index contributed by atoms with van der Waals surface area (Å²) in [5.41, 5.74) is 1.83. The van der Waals surface area contributed by atoms with Gasteiger partial charge in [0, 0.05) is 31.7 Å². The third kappa shape index (κ3) is 2.82. The second-order valence-electron chi connectivity index (χ2n) is 5.64. The molecule has 0 spiro atoms. The monoisotopic (exact) mass is 208 g/mol. The number of hydrogen-bond donors (Lipinski definition) is 1. The summed E-state index contributed by atoms with van der Waals surface area (Å²) in [4.78, 5) is 2.59. The minimum absolute atomic E-state index is 0.397. The van der Waals surface area contributed by atoms with E-state index in [9.17, 15) is 0 Å². The molecule has 2 rings (SSSR count). The number of nitrogens with one attached hydrogen (secondary N) is 1. The van der Waals surface area contributed by atoms with Crippen LogP contribution in [0.5, 0.6) is 0 Å². The molecule has 1 saturated carbocycles. The van der Waals surface area contributed by atoms with E-state index in [1.165, 1.54) is 31.5 Å². The first-order chi connectivity index (χ1) is 7.10. The molecule has 1 aliphatic heterocycles. The highest BCUT2D eigenvalue weighted by molar-refractivity contribution is 5.03. The third-order valence-electron chi connectivity index (χ3n) is 3.75. The van der Waals surface area contributed by atoms with Crippen molar-refractivity contribution >= 4 is 0 Å². The van der Waals surface area contributed by atoms with Gasteiger partial charge in [-0.1, -0.05) is 11.6 Å². The number of allylic oxidation sites excluding steroid dienone is 1. The first-order valence-electron chi connectivity index (χ1n) is 6.21. The fraction of sp³-hybridized carbons (Fsp3) is 0.846. The van der Waals surface area contributed by atoms with Gasteiger partial charge >= 0.3 is 0 Å². The molecule has 1 saturated heterocycles. The topological polar surface area (TPSA) is 15.3 Å². The maximum absolute atomic E-state index is 3.71. The van der Waals surface area contributed by atoms with Crippen molar-refractivity contribution in [1.29, 1.82) is 0 Å². The van der Waals surface area contributed by atoms with Gasteiger partial charge in [-0.3, -0.25) is 4.90 Å². The van der Waals surface area contributed by atoms with Crippen molar-refractivity contribution in [2.24, 2.45) is 5.92 Å². The largest absolute Gasteiger partial charge is 0.309 e. The fourth-order valence-electron chi connectivity index (χ4n) is 2.56. The Kier molecular flexibility index (Phi) is 3.17. The van der Waals surface area contributed by atoms with Gasteiger partial charge in [-0.15, -0.1) is 0 Å². The summed E-state index contributed by atoms with van der Waals surface area (Å²) in [6.07, 6.45) is 5.21. The molecule has 86 valence electrons. The van der Waals surface area contributed by atoms with Crippen molar-refractivity contribution in [2.45, 2.75) is 39.2 Å². The molecule has 0 radical (unpaired) electrons. The van der Waals surface area contributed by atoms with E-state index in [-0.39, 0.29) is 0 Å². The van der Waals surface area contributed by atoms with E-state index in [1.54, 1.807) is 0 Å². The maximum Gasteiger partial charge on any atom is 0.0309 e. The number of nitrogens with zero attached hydrogens (tertiary/aromatic N) is 1. The van der Waals surface area contributed by atoms with E-state index in [0.717, 1.165) is 19.0 Å². The molecule has 1 heterocycles. The molecule has 1 unspecified atom stereocenters. The van der Waals surface area contributed by atoms with E-state index in [2.05, 4.69) is 37.1 Å². The standard InChI is InChI=1S/C13H24N2/c1-11(2)6-8-15-9-7-14-13(3,10-15)12-4-5-12/h6,12,14H,4-5,7-10H2,1-3H3. The molecule has 0 bridgehead atoms. The maximum atomic E-state index is 3.71. The molecule has 2 aliphatic rings. The van der Waals surface area contributed by atoms with Crippen LogP contribution in [0.15, 0.2) is 11.6 Å². The Morgan fingerprint density at radius 3 is 2.80 bits per heavy atom. The van der Waals surface area contributed by atoms with Gasteiger partial charge in [0.15, 0.2) is 0 Å². The van der Waals surface area contributed by atoms with Crippen LogP contribution in [0.3, 0.4) is 0 Å². The number of rotatable bonds is 3. The van der Waals surface area contributed by atoms with Crippen molar-refractivity contribution in [2.75, 3.05) is 26.2 Å². The first kappa shape index (κ1) is 11.2. The molecule has 0 aromatic carbocycles. The number of hydrogen-bond acceptors (Lipinski definition) is 2. The van der Waals surface area contributed by atoms with Gasteiger partial charge < -0.3 is 5.32 Å². The van der Waals surface area contributed by atoms with Crippen LogP contribution in [0.4, 0.5) is 0 Å². The second kappa shape index (κ2) is 4.26. The van der Waals surface area contributed by atoms with Crippen LogP contribution < -0.4 is 5.32 Å². The van der Waals surface area contributed by atoms with Crippen LogP contribution in [0, 0.1) is 5.92 Å². The zero-order valence-electron chi connectivity index (χ0n) is 10.3. The Hall–Kier alpha value is -0.340. The summed E-state index contributed by atoms with van der Waals surface area (Å²) >= 11 is 0. The van der Waals surface area contributed by atoms with Gasteiger partial charge in [0.25, 0.3) is 0 Å². The SMILES string of the molecule is CC(C)=CCN1CCNC(C)(C2CC2)C1. The van der Waals surface area contributed by atoms with Crippen molar-refractivity contribution < 1.29 is 0 Å². The Morgan fingerprint density at radius 1 is 1.47 bits per heavy atom. The predicted octanol–water partition coefficient (Wildman–Crippen LogP) is 2.03. The Labute approximate surface area is 93.7 Å². The molecule has 1 aliphatic carbocycles. The van der Waals surface area contributed by atoms with Crippen molar-refractivity contribution in [3.8, 4) is 0 Å². The molecule has 2 heteroatoms. The lowest BCUT2D eigenvalue weighted by Crippen LogP contribution is -2.59. The first-order valence-corrected chi connectivity index (χ1v) is 6.21. The normalized spacial score (nSPS) is 32.7. The van der Waals surface area contributed by atoms with Gasteiger partial charge in [0.2, 0.25) is 0 Å². The summed E-state index contributed by atoms with van der Waals surface area (Å²) in [7, 11) is 0. The lowest BCUT2D eigenvalue weighted by atomic mass is 9.93. The molecule has 0 amide bonds. The predicted molar refractivity (Wildman–Crippen MR) is 65.0 cm³/mol. The molecular formula is C13H24N2. The molecule has 0 aromatic rings. The van der Waals surface area contributed by atoms with Gasteiger partial charge in [0.05, 0.1) is 0 Å². The average molecular weight is 208 g/mol. The van der Waals surface area contributed by atoms with Gasteiger partial charge in [-0.2, -0.15) is 0 Å². The molecule has 1 atom stereocenters. The lowest BCUT2D eigenvalue weighted by molar-refractivity contribution is 0.138. The Balaban J connectivity index is 1.89. The minimum Gasteiger partial charge on any atom is -0.309 e. The molecule has 2 fully saturated rings. The van der Waals surface area contributed by atoms with E-state index in [0.29, 0.717) is 5.54 Å². The fourth-order valence-corrected chi connectivity index (χ4v) is 2.56. The zero-order valence-corrected chi connectivity index (χ0v) is 10.3. The van der Waals surface area contributed by atoms with Crippen LogP contribution in [0.25, 0.3) is 0 Å². The summed E-state index contributed by atoms with van der Waals surface area (Å²) in [6.45, 7) is 11.5. The zero-order chi connectivity index (χ0) is 10.9. The van der Waals surface area contributed by atoms with Crippen LogP contribution in [0.1, 0.15) is 33.6 Å². The van der Waals surface area contributed by atoms with Gasteiger partial charge in [-0.25, -0.2) is 0 Å². The van der Waals surface area contributed by atoms with Crippen LogP contribution in [-0.2, 0) is 0 Å². The lowest BCUT2D eigenvalue weighted by Gasteiger charge is -2.41. The van der Waals surface area contributed by atoms with Gasteiger partial charge in [0.1, 0.15) is 0 Å². The Bertz CT molecular complexity index is 251.